The second-order valence-corrected chi connectivity index (χ2v) is 9.63. The van der Waals surface area contributed by atoms with Crippen molar-refractivity contribution in [2.75, 3.05) is 18.4 Å². The largest absolute Gasteiger partial charge is 0.506 e. The molecule has 1 saturated heterocycles. The number of phenolic OH excluding ortho intramolecular Hbond substituents is 1. The first-order valence-electron chi connectivity index (χ1n) is 10.4. The molecule has 0 aliphatic carbocycles. The normalized spacial score (nSPS) is 14.2. The summed E-state index contributed by atoms with van der Waals surface area (Å²) in [5.41, 5.74) is 1.03. The molecule has 0 spiro atoms. The number of benzene rings is 3. The van der Waals surface area contributed by atoms with Crippen LogP contribution in [0.3, 0.4) is 0 Å². The van der Waals surface area contributed by atoms with Crippen LogP contribution in [0.1, 0.15) is 28.8 Å². The minimum Gasteiger partial charge on any atom is -0.506 e. The van der Waals surface area contributed by atoms with Gasteiger partial charge >= 0.3 is 0 Å². The number of anilines is 1. The number of sulfonamides is 1. The Kier molecular flexibility index (Phi) is 6.62. The van der Waals surface area contributed by atoms with Gasteiger partial charge in [-0.25, -0.2) is 12.8 Å². The molecule has 1 aliphatic rings. The summed E-state index contributed by atoms with van der Waals surface area (Å²) < 4.78 is 45.7. The van der Waals surface area contributed by atoms with Gasteiger partial charge < -0.3 is 15.2 Å². The van der Waals surface area contributed by atoms with Gasteiger partial charge in [0.25, 0.3) is 5.91 Å². The number of hydrogen-bond acceptors (Lipinski definition) is 5. The number of amides is 1. The lowest BCUT2D eigenvalue weighted by Gasteiger charge is -2.17. The zero-order valence-electron chi connectivity index (χ0n) is 17.7. The predicted molar refractivity (Wildman–Crippen MR) is 121 cm³/mol. The van der Waals surface area contributed by atoms with E-state index in [0.717, 1.165) is 18.4 Å². The highest BCUT2D eigenvalue weighted by atomic mass is 32.2. The molecule has 0 bridgehead atoms. The molecular weight excluding hydrogens is 447 g/mol. The van der Waals surface area contributed by atoms with Crippen molar-refractivity contribution in [3.8, 4) is 11.5 Å². The quantitative estimate of drug-likeness (QED) is 0.506. The smallest absolute Gasteiger partial charge is 0.255 e. The number of hydrogen-bond donors (Lipinski definition) is 2. The summed E-state index contributed by atoms with van der Waals surface area (Å²) in [6.45, 7) is 1.10. The van der Waals surface area contributed by atoms with Gasteiger partial charge in [-0.1, -0.05) is 18.2 Å². The summed E-state index contributed by atoms with van der Waals surface area (Å²) in [4.78, 5) is 12.8. The van der Waals surface area contributed by atoms with Gasteiger partial charge in [-0.2, -0.15) is 4.31 Å². The van der Waals surface area contributed by atoms with Crippen molar-refractivity contribution >= 4 is 21.6 Å². The van der Waals surface area contributed by atoms with Crippen LogP contribution in [0.4, 0.5) is 10.1 Å². The summed E-state index contributed by atoms with van der Waals surface area (Å²) in [5.74, 6) is -0.680. The van der Waals surface area contributed by atoms with Crippen molar-refractivity contribution in [2.45, 2.75) is 24.3 Å². The lowest BCUT2D eigenvalue weighted by molar-refractivity contribution is 0.102. The van der Waals surface area contributed by atoms with Crippen LogP contribution in [0.25, 0.3) is 0 Å². The molecule has 172 valence electrons. The average Bonchev–Trinajstić information content (AvgIpc) is 3.36. The molecule has 0 radical (unpaired) electrons. The zero-order valence-corrected chi connectivity index (χ0v) is 18.5. The molecule has 0 unspecified atom stereocenters. The van der Waals surface area contributed by atoms with E-state index in [0.29, 0.717) is 18.8 Å². The molecule has 3 aromatic rings. The van der Waals surface area contributed by atoms with E-state index in [2.05, 4.69) is 5.32 Å². The van der Waals surface area contributed by atoms with E-state index in [-0.39, 0.29) is 34.3 Å². The fraction of sp³-hybridized carbons (Fsp3) is 0.208. The second kappa shape index (κ2) is 9.60. The summed E-state index contributed by atoms with van der Waals surface area (Å²) in [7, 11) is -3.69. The van der Waals surface area contributed by atoms with E-state index >= 15 is 0 Å². The van der Waals surface area contributed by atoms with Crippen molar-refractivity contribution in [1.29, 1.82) is 0 Å². The zero-order chi connectivity index (χ0) is 23.4. The van der Waals surface area contributed by atoms with Crippen LogP contribution in [0.5, 0.6) is 11.5 Å². The Morgan fingerprint density at radius 2 is 1.76 bits per heavy atom. The SMILES string of the molecule is O=C(Nc1cc(S(=O)(=O)N2CCCC2)ccc1O)c1cccc(OCc2ccc(F)cc2)c1. The van der Waals surface area contributed by atoms with Crippen LogP contribution >= 0.6 is 0 Å². The van der Waals surface area contributed by atoms with E-state index in [9.17, 15) is 22.7 Å². The number of phenols is 1. The molecule has 1 fully saturated rings. The van der Waals surface area contributed by atoms with Gasteiger partial charge in [0.2, 0.25) is 10.0 Å². The number of rotatable bonds is 7. The minimum absolute atomic E-state index is 0.00194. The van der Waals surface area contributed by atoms with Crippen LogP contribution in [0.15, 0.2) is 71.6 Å². The number of ether oxygens (including phenoxy) is 1. The Hall–Kier alpha value is -3.43. The first kappa shape index (κ1) is 22.8. The van der Waals surface area contributed by atoms with E-state index in [1.54, 1.807) is 30.3 Å². The third-order valence-corrected chi connectivity index (χ3v) is 7.23. The van der Waals surface area contributed by atoms with E-state index < -0.39 is 15.9 Å². The molecule has 1 heterocycles. The lowest BCUT2D eigenvalue weighted by atomic mass is 10.2. The first-order chi connectivity index (χ1) is 15.8. The Morgan fingerprint density at radius 3 is 2.48 bits per heavy atom. The Labute approximate surface area is 191 Å². The van der Waals surface area contributed by atoms with Crippen LogP contribution in [0.2, 0.25) is 0 Å². The summed E-state index contributed by atoms with van der Waals surface area (Å²) in [6.07, 6.45) is 1.61. The van der Waals surface area contributed by atoms with E-state index in [4.69, 9.17) is 4.74 Å². The number of aromatic hydroxyl groups is 1. The summed E-state index contributed by atoms with van der Waals surface area (Å²) in [6, 6.07) is 16.2. The van der Waals surface area contributed by atoms with Gasteiger partial charge in [0.05, 0.1) is 10.6 Å². The minimum atomic E-state index is -3.69. The van der Waals surface area contributed by atoms with Crippen LogP contribution in [0, 0.1) is 5.82 Å². The second-order valence-electron chi connectivity index (χ2n) is 7.69. The van der Waals surface area contributed by atoms with Crippen LogP contribution < -0.4 is 10.1 Å². The topological polar surface area (TPSA) is 95.9 Å². The monoisotopic (exact) mass is 470 g/mol. The Morgan fingerprint density at radius 1 is 1.03 bits per heavy atom. The van der Waals surface area contributed by atoms with Crippen LogP contribution in [-0.2, 0) is 16.6 Å². The average molecular weight is 471 g/mol. The third-order valence-electron chi connectivity index (χ3n) is 5.33. The molecule has 4 rings (SSSR count). The number of carbonyl (C=O) groups excluding carboxylic acids is 1. The maximum Gasteiger partial charge on any atom is 0.255 e. The van der Waals surface area contributed by atoms with Crippen molar-refractivity contribution in [1.82, 2.24) is 4.31 Å². The van der Waals surface area contributed by atoms with Crippen molar-refractivity contribution in [3.05, 3.63) is 83.7 Å². The van der Waals surface area contributed by atoms with Crippen molar-refractivity contribution < 1.29 is 27.4 Å². The Balaban J connectivity index is 1.48. The summed E-state index contributed by atoms with van der Waals surface area (Å²) in [5, 5.41) is 12.7. The highest BCUT2D eigenvalue weighted by Gasteiger charge is 2.28. The van der Waals surface area contributed by atoms with Crippen molar-refractivity contribution in [2.24, 2.45) is 0 Å². The van der Waals surface area contributed by atoms with E-state index in [1.165, 1.54) is 40.7 Å². The molecule has 3 aromatic carbocycles. The Bertz CT molecular complexity index is 1260. The number of carbonyl (C=O) groups is 1. The van der Waals surface area contributed by atoms with Gasteiger partial charge in [0.1, 0.15) is 23.9 Å². The number of halogens is 1. The molecule has 0 atom stereocenters. The highest BCUT2D eigenvalue weighted by Crippen LogP contribution is 2.30. The van der Waals surface area contributed by atoms with Gasteiger partial charge in [0, 0.05) is 18.7 Å². The van der Waals surface area contributed by atoms with E-state index in [1.807, 2.05) is 0 Å². The van der Waals surface area contributed by atoms with Gasteiger partial charge in [-0.15, -0.1) is 0 Å². The molecule has 0 saturated carbocycles. The molecule has 1 aliphatic heterocycles. The molecule has 33 heavy (non-hydrogen) atoms. The lowest BCUT2D eigenvalue weighted by Crippen LogP contribution is -2.28. The van der Waals surface area contributed by atoms with Gasteiger partial charge in [-0.3, -0.25) is 4.79 Å². The number of nitrogens with zero attached hydrogens (tertiary/aromatic N) is 1. The molecule has 7 nitrogen and oxygen atoms in total. The number of nitrogens with one attached hydrogen (secondary N) is 1. The standard InChI is InChI=1S/C24H23FN2O5S/c25-19-8-6-17(7-9-19)16-32-20-5-3-4-18(14-20)24(29)26-22-15-21(10-11-23(22)28)33(30,31)27-12-1-2-13-27/h3-11,14-15,28H,1-2,12-13,16H2,(H,26,29). The van der Waals surface area contributed by atoms with Gasteiger partial charge in [-0.05, 0) is 66.9 Å². The molecule has 9 heteroatoms. The van der Waals surface area contributed by atoms with Gasteiger partial charge in [0.15, 0.2) is 0 Å². The molecule has 0 aromatic heterocycles. The predicted octanol–water partition coefficient (Wildman–Crippen LogP) is 4.15. The first-order valence-corrected chi connectivity index (χ1v) is 11.9. The fourth-order valence-electron chi connectivity index (χ4n) is 3.52. The summed E-state index contributed by atoms with van der Waals surface area (Å²) >= 11 is 0. The van der Waals surface area contributed by atoms with Crippen molar-refractivity contribution in [3.63, 3.8) is 0 Å². The molecule has 1 amide bonds. The molecular formula is C24H23FN2O5S. The third kappa shape index (κ3) is 5.32. The molecule has 2 N–H and O–H groups in total. The van der Waals surface area contributed by atoms with Crippen LogP contribution in [-0.4, -0.2) is 36.8 Å². The maximum absolute atomic E-state index is 13.0. The maximum atomic E-state index is 13.0. The fourth-order valence-corrected chi connectivity index (χ4v) is 5.07. The highest BCUT2D eigenvalue weighted by molar-refractivity contribution is 7.89.